The SMILES string of the molecule is NC1(c2cc[nH]c2)CC2CC2C1. The number of nitrogens with one attached hydrogen (secondary N) is 1. The Morgan fingerprint density at radius 2 is 2.17 bits per heavy atom. The second-order valence-corrected chi connectivity index (χ2v) is 4.42. The first-order valence-electron chi connectivity index (χ1n) is 4.70. The first-order valence-corrected chi connectivity index (χ1v) is 4.70. The van der Waals surface area contributed by atoms with Gasteiger partial charge in [0.25, 0.3) is 0 Å². The highest BCUT2D eigenvalue weighted by atomic mass is 14.8. The van der Waals surface area contributed by atoms with Crippen molar-refractivity contribution in [3.63, 3.8) is 0 Å². The maximum atomic E-state index is 6.33. The summed E-state index contributed by atoms with van der Waals surface area (Å²) in [5.74, 6) is 1.90. The van der Waals surface area contributed by atoms with Gasteiger partial charge < -0.3 is 10.7 Å². The standard InChI is InChI=1S/C10H14N2/c11-10(9-1-2-12-6-9)4-7-3-8(7)5-10/h1-2,6-8,12H,3-5,11H2. The van der Waals surface area contributed by atoms with Gasteiger partial charge in [0.1, 0.15) is 0 Å². The van der Waals surface area contributed by atoms with Gasteiger partial charge in [-0.05, 0) is 42.7 Å². The summed E-state index contributed by atoms with van der Waals surface area (Å²) in [6.07, 6.45) is 7.85. The topological polar surface area (TPSA) is 41.8 Å². The van der Waals surface area contributed by atoms with Crippen molar-refractivity contribution in [3.8, 4) is 0 Å². The highest BCUT2D eigenvalue weighted by Crippen LogP contribution is 2.58. The molecule has 2 saturated carbocycles. The molecule has 0 saturated heterocycles. The molecule has 2 aliphatic rings. The van der Waals surface area contributed by atoms with E-state index in [4.69, 9.17) is 5.73 Å². The molecule has 2 aliphatic carbocycles. The van der Waals surface area contributed by atoms with E-state index >= 15 is 0 Å². The monoisotopic (exact) mass is 162 g/mol. The van der Waals surface area contributed by atoms with Gasteiger partial charge in [0.15, 0.2) is 0 Å². The van der Waals surface area contributed by atoms with Crippen molar-refractivity contribution in [2.45, 2.75) is 24.8 Å². The molecule has 0 aliphatic heterocycles. The normalized spacial score (nSPS) is 44.4. The van der Waals surface area contributed by atoms with Crippen LogP contribution in [0, 0.1) is 11.8 Å². The lowest BCUT2D eigenvalue weighted by atomic mass is 9.88. The van der Waals surface area contributed by atoms with E-state index in [2.05, 4.69) is 11.1 Å². The Morgan fingerprint density at radius 1 is 1.42 bits per heavy atom. The van der Waals surface area contributed by atoms with E-state index in [1.165, 1.54) is 24.8 Å². The zero-order valence-corrected chi connectivity index (χ0v) is 7.09. The van der Waals surface area contributed by atoms with E-state index in [1.54, 1.807) is 0 Å². The molecule has 2 nitrogen and oxygen atoms in total. The molecule has 0 spiro atoms. The first kappa shape index (κ1) is 6.72. The Bertz CT molecular complexity index is 279. The molecule has 3 rings (SSSR count). The van der Waals surface area contributed by atoms with Gasteiger partial charge >= 0.3 is 0 Å². The molecule has 0 bridgehead atoms. The largest absolute Gasteiger partial charge is 0.367 e. The molecule has 64 valence electrons. The zero-order valence-electron chi connectivity index (χ0n) is 7.09. The maximum Gasteiger partial charge on any atom is 0.0430 e. The third-order valence-corrected chi connectivity index (χ3v) is 3.49. The molecular weight excluding hydrogens is 148 g/mol. The van der Waals surface area contributed by atoms with Crippen LogP contribution < -0.4 is 5.73 Å². The number of hydrogen-bond donors (Lipinski definition) is 2. The van der Waals surface area contributed by atoms with Gasteiger partial charge in [-0.1, -0.05) is 0 Å². The number of rotatable bonds is 1. The average molecular weight is 162 g/mol. The Kier molecular flexibility index (Phi) is 1.09. The lowest BCUT2D eigenvalue weighted by Crippen LogP contribution is -2.34. The van der Waals surface area contributed by atoms with Crippen LogP contribution in [0.15, 0.2) is 18.5 Å². The van der Waals surface area contributed by atoms with Gasteiger partial charge in [0.2, 0.25) is 0 Å². The fourth-order valence-electron chi connectivity index (χ4n) is 2.70. The van der Waals surface area contributed by atoms with Crippen LogP contribution in [0.5, 0.6) is 0 Å². The van der Waals surface area contributed by atoms with Crippen molar-refractivity contribution in [2.24, 2.45) is 17.6 Å². The number of aromatic amines is 1. The van der Waals surface area contributed by atoms with E-state index in [0.717, 1.165) is 11.8 Å². The third kappa shape index (κ3) is 0.787. The molecule has 3 N–H and O–H groups in total. The quantitative estimate of drug-likeness (QED) is 0.647. The minimum absolute atomic E-state index is 0.00752. The van der Waals surface area contributed by atoms with Gasteiger partial charge in [0, 0.05) is 17.9 Å². The molecule has 2 fully saturated rings. The van der Waals surface area contributed by atoms with Crippen molar-refractivity contribution >= 4 is 0 Å². The Morgan fingerprint density at radius 3 is 2.75 bits per heavy atom. The Balaban J connectivity index is 1.92. The third-order valence-electron chi connectivity index (χ3n) is 3.49. The van der Waals surface area contributed by atoms with Gasteiger partial charge in [-0.2, -0.15) is 0 Å². The van der Waals surface area contributed by atoms with Crippen molar-refractivity contribution in [1.29, 1.82) is 0 Å². The number of H-pyrrole nitrogens is 1. The minimum Gasteiger partial charge on any atom is -0.367 e. The van der Waals surface area contributed by atoms with Crippen LogP contribution in [-0.4, -0.2) is 4.98 Å². The molecule has 2 unspecified atom stereocenters. The predicted octanol–water partition coefficient (Wildman–Crippen LogP) is 1.60. The lowest BCUT2D eigenvalue weighted by molar-refractivity contribution is 0.411. The molecule has 0 amide bonds. The van der Waals surface area contributed by atoms with Crippen LogP contribution in [0.3, 0.4) is 0 Å². The van der Waals surface area contributed by atoms with Crippen molar-refractivity contribution in [1.82, 2.24) is 4.98 Å². The van der Waals surface area contributed by atoms with Gasteiger partial charge in [-0.15, -0.1) is 0 Å². The van der Waals surface area contributed by atoms with E-state index in [-0.39, 0.29) is 5.54 Å². The van der Waals surface area contributed by atoms with Crippen LogP contribution >= 0.6 is 0 Å². The summed E-state index contributed by atoms with van der Waals surface area (Å²) in [7, 11) is 0. The highest BCUT2D eigenvalue weighted by molar-refractivity contribution is 5.25. The van der Waals surface area contributed by atoms with E-state index < -0.39 is 0 Å². The van der Waals surface area contributed by atoms with Crippen LogP contribution in [0.1, 0.15) is 24.8 Å². The highest BCUT2D eigenvalue weighted by Gasteiger charge is 2.52. The number of fused-ring (bicyclic) bond motifs is 1. The number of hydrogen-bond acceptors (Lipinski definition) is 1. The summed E-state index contributed by atoms with van der Waals surface area (Å²) in [4.78, 5) is 3.08. The fourth-order valence-corrected chi connectivity index (χ4v) is 2.70. The molecule has 2 heteroatoms. The fraction of sp³-hybridized carbons (Fsp3) is 0.600. The molecule has 0 aromatic carbocycles. The molecule has 12 heavy (non-hydrogen) atoms. The number of aromatic nitrogens is 1. The number of nitrogens with two attached hydrogens (primary N) is 1. The summed E-state index contributed by atoms with van der Waals surface area (Å²) in [6.45, 7) is 0. The summed E-state index contributed by atoms with van der Waals surface area (Å²) in [6, 6.07) is 2.12. The second-order valence-electron chi connectivity index (χ2n) is 4.42. The van der Waals surface area contributed by atoms with Gasteiger partial charge in [-0.3, -0.25) is 0 Å². The van der Waals surface area contributed by atoms with Gasteiger partial charge in [-0.25, -0.2) is 0 Å². The van der Waals surface area contributed by atoms with Crippen LogP contribution in [-0.2, 0) is 5.54 Å². The molecule has 0 radical (unpaired) electrons. The lowest BCUT2D eigenvalue weighted by Gasteiger charge is -2.24. The van der Waals surface area contributed by atoms with Crippen molar-refractivity contribution in [2.75, 3.05) is 0 Å². The molecular formula is C10H14N2. The predicted molar refractivity (Wildman–Crippen MR) is 47.5 cm³/mol. The second kappa shape index (κ2) is 1.94. The molecule has 1 aromatic heterocycles. The average Bonchev–Trinajstić information content (AvgIpc) is 2.59. The summed E-state index contributed by atoms with van der Waals surface area (Å²) >= 11 is 0. The zero-order chi connectivity index (χ0) is 8.18. The smallest absolute Gasteiger partial charge is 0.0430 e. The molecule has 1 heterocycles. The summed E-state index contributed by atoms with van der Waals surface area (Å²) < 4.78 is 0. The van der Waals surface area contributed by atoms with Crippen LogP contribution in [0.4, 0.5) is 0 Å². The van der Waals surface area contributed by atoms with Crippen LogP contribution in [0.25, 0.3) is 0 Å². The summed E-state index contributed by atoms with van der Waals surface area (Å²) in [5, 5.41) is 0. The first-order chi connectivity index (χ1) is 5.78. The van der Waals surface area contributed by atoms with Crippen molar-refractivity contribution in [3.05, 3.63) is 24.0 Å². The Hall–Kier alpha value is -0.760. The van der Waals surface area contributed by atoms with E-state index in [9.17, 15) is 0 Å². The van der Waals surface area contributed by atoms with E-state index in [0.29, 0.717) is 0 Å². The van der Waals surface area contributed by atoms with Crippen LogP contribution in [0.2, 0.25) is 0 Å². The van der Waals surface area contributed by atoms with Gasteiger partial charge in [0.05, 0.1) is 0 Å². The molecule has 1 aromatic rings. The maximum absolute atomic E-state index is 6.33. The Labute approximate surface area is 72.2 Å². The van der Waals surface area contributed by atoms with E-state index in [1.807, 2.05) is 12.4 Å². The summed E-state index contributed by atoms with van der Waals surface area (Å²) in [5.41, 5.74) is 7.63. The van der Waals surface area contributed by atoms with Crippen molar-refractivity contribution < 1.29 is 0 Å². The minimum atomic E-state index is 0.00752. The molecule has 2 atom stereocenters.